The summed E-state index contributed by atoms with van der Waals surface area (Å²) in [5, 5.41) is 2.87. The second-order valence-electron chi connectivity index (χ2n) is 2.89. The van der Waals surface area contributed by atoms with Crippen LogP contribution in [-0.2, 0) is 14.3 Å². The molecule has 3 N–H and O–H groups in total. The van der Waals surface area contributed by atoms with Gasteiger partial charge < -0.3 is 20.7 Å². The molecule has 0 aliphatic rings. The lowest BCUT2D eigenvalue weighted by molar-refractivity contribution is -0.133. The predicted octanol–water partition coefficient (Wildman–Crippen LogP) is -1.83. The summed E-state index contributed by atoms with van der Waals surface area (Å²) >= 11 is 0. The van der Waals surface area contributed by atoms with E-state index in [0.29, 0.717) is 13.2 Å². The van der Waals surface area contributed by atoms with Crippen molar-refractivity contribution in [3.05, 3.63) is 0 Å². The van der Waals surface area contributed by atoms with Gasteiger partial charge in [0.1, 0.15) is 0 Å². The van der Waals surface area contributed by atoms with Crippen LogP contribution in [0.15, 0.2) is 0 Å². The third-order valence-electron chi connectivity index (χ3n) is 1.58. The van der Waals surface area contributed by atoms with Gasteiger partial charge >= 0.3 is 0 Å². The summed E-state index contributed by atoms with van der Waals surface area (Å²) in [5.41, 5.74) is 4.93. The second-order valence-corrected chi connectivity index (χ2v) is 2.89. The lowest BCUT2D eigenvalue weighted by Crippen LogP contribution is -2.40. The molecule has 6 heteroatoms. The molecule has 0 rings (SSSR count). The number of methoxy groups -OCH3 is 1. The first-order valence-corrected chi connectivity index (χ1v) is 4.30. The molecule has 0 aromatic carbocycles. The lowest BCUT2D eigenvalue weighted by atomic mass is 10.4. The van der Waals surface area contributed by atoms with E-state index in [0.717, 1.165) is 0 Å². The number of carbonyl (C=O) groups excluding carboxylic acids is 2. The number of ether oxygens (including phenoxy) is 1. The molecule has 2 amide bonds. The smallest absolute Gasteiger partial charge is 0.237 e. The summed E-state index contributed by atoms with van der Waals surface area (Å²) in [5.74, 6) is -0.683. The normalized spacial score (nSPS) is 9.86. The number of nitrogens with two attached hydrogens (primary N) is 1. The van der Waals surface area contributed by atoms with E-state index in [1.807, 2.05) is 0 Å². The Bertz CT molecular complexity index is 196. The zero-order chi connectivity index (χ0) is 11.0. The first-order valence-electron chi connectivity index (χ1n) is 4.30. The average molecular weight is 203 g/mol. The van der Waals surface area contributed by atoms with Gasteiger partial charge in [0.25, 0.3) is 0 Å². The van der Waals surface area contributed by atoms with Crippen LogP contribution in [0.2, 0.25) is 0 Å². The first-order chi connectivity index (χ1) is 6.57. The van der Waals surface area contributed by atoms with Crippen LogP contribution in [0.5, 0.6) is 0 Å². The lowest BCUT2D eigenvalue weighted by Gasteiger charge is -2.15. The summed E-state index contributed by atoms with van der Waals surface area (Å²) < 4.78 is 4.79. The number of hydrogen-bond donors (Lipinski definition) is 2. The number of amides is 2. The van der Waals surface area contributed by atoms with E-state index in [1.165, 1.54) is 11.9 Å². The van der Waals surface area contributed by atoms with E-state index < -0.39 is 5.91 Å². The highest BCUT2D eigenvalue weighted by Crippen LogP contribution is 1.82. The molecule has 0 spiro atoms. The van der Waals surface area contributed by atoms with Gasteiger partial charge in [-0.05, 0) is 0 Å². The Morgan fingerprint density at radius 3 is 2.64 bits per heavy atom. The Morgan fingerprint density at radius 2 is 2.14 bits per heavy atom. The van der Waals surface area contributed by atoms with Gasteiger partial charge in [0, 0.05) is 20.7 Å². The van der Waals surface area contributed by atoms with Crippen LogP contribution in [0.25, 0.3) is 0 Å². The molecule has 14 heavy (non-hydrogen) atoms. The van der Waals surface area contributed by atoms with Gasteiger partial charge in [-0.2, -0.15) is 0 Å². The van der Waals surface area contributed by atoms with Gasteiger partial charge in [-0.25, -0.2) is 0 Å². The van der Waals surface area contributed by atoms with Crippen LogP contribution in [0, 0.1) is 0 Å². The van der Waals surface area contributed by atoms with Crippen molar-refractivity contribution in [3.8, 4) is 0 Å². The molecule has 0 fully saturated rings. The van der Waals surface area contributed by atoms with Crippen LogP contribution < -0.4 is 11.1 Å². The van der Waals surface area contributed by atoms with Crippen molar-refractivity contribution < 1.29 is 14.3 Å². The molecule has 0 heterocycles. The Labute approximate surface area is 83.4 Å². The predicted molar refractivity (Wildman–Crippen MR) is 51.6 cm³/mol. The van der Waals surface area contributed by atoms with Crippen LogP contribution in [0.1, 0.15) is 0 Å². The quantitative estimate of drug-likeness (QED) is 0.476. The Balaban J connectivity index is 3.57. The fourth-order valence-electron chi connectivity index (χ4n) is 0.826. The third kappa shape index (κ3) is 6.38. The zero-order valence-corrected chi connectivity index (χ0v) is 8.58. The summed E-state index contributed by atoms with van der Waals surface area (Å²) in [7, 11) is 3.12. The number of likely N-dealkylation sites (N-methyl/N-ethyl adjacent to an activating group) is 1. The van der Waals surface area contributed by atoms with Crippen LogP contribution >= 0.6 is 0 Å². The zero-order valence-electron chi connectivity index (χ0n) is 8.58. The molecule has 0 radical (unpaired) electrons. The van der Waals surface area contributed by atoms with E-state index in [1.54, 1.807) is 7.11 Å². The summed E-state index contributed by atoms with van der Waals surface area (Å²) in [6.45, 7) is 1.29. The van der Waals surface area contributed by atoms with Crippen molar-refractivity contribution >= 4 is 11.8 Å². The Hall–Kier alpha value is -1.14. The number of nitrogens with one attached hydrogen (secondary N) is 1. The van der Waals surface area contributed by atoms with E-state index >= 15 is 0 Å². The number of primary amides is 1. The monoisotopic (exact) mass is 203 g/mol. The molecule has 0 atom stereocenters. The Morgan fingerprint density at radius 1 is 1.50 bits per heavy atom. The van der Waals surface area contributed by atoms with E-state index in [2.05, 4.69) is 5.32 Å². The number of carbonyl (C=O) groups is 2. The molecule has 82 valence electrons. The maximum Gasteiger partial charge on any atom is 0.237 e. The SMILES string of the molecule is COCCNCC(=O)N(C)CC(N)=O. The third-order valence-corrected chi connectivity index (χ3v) is 1.58. The summed E-state index contributed by atoms with van der Waals surface area (Å²) in [6, 6.07) is 0. The maximum atomic E-state index is 11.3. The molecule has 0 aliphatic carbocycles. The minimum absolute atomic E-state index is 0.0508. The van der Waals surface area contributed by atoms with E-state index in [9.17, 15) is 9.59 Å². The van der Waals surface area contributed by atoms with Crippen molar-refractivity contribution in [3.63, 3.8) is 0 Å². The van der Waals surface area contributed by atoms with E-state index in [-0.39, 0.29) is 19.0 Å². The van der Waals surface area contributed by atoms with E-state index in [4.69, 9.17) is 10.5 Å². The van der Waals surface area contributed by atoms with Crippen molar-refractivity contribution in [1.82, 2.24) is 10.2 Å². The molecule has 0 aliphatic heterocycles. The van der Waals surface area contributed by atoms with Gasteiger partial charge in [0.05, 0.1) is 19.7 Å². The molecule has 0 saturated carbocycles. The average Bonchev–Trinajstić information content (AvgIpc) is 2.11. The molecular formula is C8H17N3O3. The molecule has 0 bridgehead atoms. The topological polar surface area (TPSA) is 84.7 Å². The molecular weight excluding hydrogens is 186 g/mol. The summed E-state index contributed by atoms with van der Waals surface area (Å²) in [4.78, 5) is 23.0. The number of rotatable bonds is 7. The molecule has 0 unspecified atom stereocenters. The van der Waals surface area contributed by atoms with Crippen LogP contribution in [0.4, 0.5) is 0 Å². The fraction of sp³-hybridized carbons (Fsp3) is 0.750. The van der Waals surface area contributed by atoms with Gasteiger partial charge in [0.2, 0.25) is 11.8 Å². The fourth-order valence-corrected chi connectivity index (χ4v) is 0.826. The number of nitrogens with zero attached hydrogens (tertiary/aromatic N) is 1. The standard InChI is InChI=1S/C8H17N3O3/c1-11(6-7(9)12)8(13)5-10-3-4-14-2/h10H,3-6H2,1-2H3,(H2,9,12). The molecule has 6 nitrogen and oxygen atoms in total. The van der Waals surface area contributed by atoms with Crippen LogP contribution in [0.3, 0.4) is 0 Å². The Kier molecular flexibility index (Phi) is 6.69. The highest BCUT2D eigenvalue weighted by atomic mass is 16.5. The van der Waals surface area contributed by atoms with Gasteiger partial charge in [-0.1, -0.05) is 0 Å². The first kappa shape index (κ1) is 12.9. The van der Waals surface area contributed by atoms with Crippen molar-refractivity contribution in [2.24, 2.45) is 5.73 Å². The minimum atomic E-state index is -0.516. The molecule has 0 aromatic heterocycles. The van der Waals surface area contributed by atoms with Gasteiger partial charge in [-0.15, -0.1) is 0 Å². The van der Waals surface area contributed by atoms with Crippen molar-refractivity contribution in [1.29, 1.82) is 0 Å². The molecule has 0 aromatic rings. The number of hydrogen-bond acceptors (Lipinski definition) is 4. The molecule has 0 saturated heterocycles. The van der Waals surface area contributed by atoms with Gasteiger partial charge in [-0.3, -0.25) is 9.59 Å². The summed E-state index contributed by atoms with van der Waals surface area (Å²) in [6.07, 6.45) is 0. The highest BCUT2D eigenvalue weighted by Gasteiger charge is 2.09. The maximum absolute atomic E-state index is 11.3. The largest absolute Gasteiger partial charge is 0.383 e. The minimum Gasteiger partial charge on any atom is -0.383 e. The van der Waals surface area contributed by atoms with Gasteiger partial charge in [0.15, 0.2) is 0 Å². The highest BCUT2D eigenvalue weighted by molar-refractivity contribution is 5.84. The van der Waals surface area contributed by atoms with Crippen molar-refractivity contribution in [2.45, 2.75) is 0 Å². The van der Waals surface area contributed by atoms with Crippen molar-refractivity contribution in [2.75, 3.05) is 40.4 Å². The second kappa shape index (κ2) is 7.28. The van der Waals surface area contributed by atoms with Crippen LogP contribution in [-0.4, -0.2) is 57.1 Å².